The van der Waals surface area contributed by atoms with E-state index in [-0.39, 0.29) is 12.5 Å². The van der Waals surface area contributed by atoms with Crippen LogP contribution >= 0.6 is 11.8 Å². The van der Waals surface area contributed by atoms with Gasteiger partial charge in [0.1, 0.15) is 6.54 Å². The molecule has 15 heavy (non-hydrogen) atoms. The molecule has 1 rings (SSSR count). The first-order valence-corrected chi connectivity index (χ1v) is 5.12. The van der Waals surface area contributed by atoms with Gasteiger partial charge in [-0.3, -0.25) is 4.79 Å². The van der Waals surface area contributed by atoms with E-state index in [0.29, 0.717) is 10.9 Å². The smallest absolute Gasteiger partial charge is 0.327 e. The van der Waals surface area contributed by atoms with Crippen LogP contribution in [0.3, 0.4) is 0 Å². The van der Waals surface area contributed by atoms with Gasteiger partial charge in [-0.25, -0.2) is 4.68 Å². The number of esters is 1. The lowest BCUT2D eigenvalue weighted by molar-refractivity contribution is -0.141. The summed E-state index contributed by atoms with van der Waals surface area (Å²) < 4.78 is 5.89. The maximum Gasteiger partial charge on any atom is 0.327 e. The van der Waals surface area contributed by atoms with Crippen molar-refractivity contribution in [1.29, 1.82) is 0 Å². The van der Waals surface area contributed by atoms with E-state index in [9.17, 15) is 4.79 Å². The van der Waals surface area contributed by atoms with Gasteiger partial charge in [0.2, 0.25) is 5.16 Å². The highest BCUT2D eigenvalue weighted by atomic mass is 32.2. The molecule has 0 aliphatic carbocycles. The first-order valence-electron chi connectivity index (χ1n) is 4.13. The molecular weight excluding hydrogens is 216 g/mol. The number of tetrazole rings is 1. The van der Waals surface area contributed by atoms with Gasteiger partial charge in [-0.15, -0.1) is 11.0 Å². The van der Waals surface area contributed by atoms with Crippen LogP contribution in [0.25, 0.3) is 0 Å². The van der Waals surface area contributed by atoms with Gasteiger partial charge in [-0.2, -0.15) is 0 Å². The lowest BCUT2D eigenvalue weighted by Crippen LogP contribution is -2.13. The van der Waals surface area contributed by atoms with Crippen molar-refractivity contribution < 1.29 is 9.53 Å². The molecule has 0 saturated heterocycles. The third-order valence-corrected chi connectivity index (χ3v) is 2.30. The lowest BCUT2D eigenvalue weighted by Gasteiger charge is -2.00. The van der Waals surface area contributed by atoms with E-state index in [0.717, 1.165) is 0 Å². The number of hydrogen-bond acceptors (Lipinski definition) is 6. The van der Waals surface area contributed by atoms with E-state index in [4.69, 9.17) is 0 Å². The molecule has 0 aliphatic rings. The van der Waals surface area contributed by atoms with Crippen molar-refractivity contribution in [2.45, 2.75) is 18.6 Å². The minimum Gasteiger partial charge on any atom is -0.468 e. The Bertz CT molecular complexity index is 393. The predicted molar refractivity (Wildman–Crippen MR) is 54.0 cm³/mol. The molecule has 6 nitrogen and oxygen atoms in total. The number of rotatable bonds is 4. The Morgan fingerprint density at radius 2 is 2.47 bits per heavy atom. The highest BCUT2D eigenvalue weighted by molar-refractivity contribution is 7.99. The lowest BCUT2D eigenvalue weighted by atomic mass is 10.7. The van der Waals surface area contributed by atoms with E-state index in [1.54, 1.807) is 6.92 Å². The number of ether oxygens (including phenoxy) is 1. The highest BCUT2D eigenvalue weighted by Crippen LogP contribution is 2.12. The zero-order valence-electron chi connectivity index (χ0n) is 8.43. The van der Waals surface area contributed by atoms with Gasteiger partial charge in [-0.05, 0) is 17.4 Å². The molecule has 0 aromatic carbocycles. The zero-order valence-corrected chi connectivity index (χ0v) is 9.24. The summed E-state index contributed by atoms with van der Waals surface area (Å²) in [7, 11) is 1.32. The number of carbonyl (C=O) groups excluding carboxylic acids is 1. The normalized spacial score (nSPS) is 9.20. The molecule has 0 spiro atoms. The quantitative estimate of drug-likeness (QED) is 0.407. The van der Waals surface area contributed by atoms with Crippen LogP contribution < -0.4 is 0 Å². The molecule has 0 bridgehead atoms. The third kappa shape index (κ3) is 3.59. The van der Waals surface area contributed by atoms with Gasteiger partial charge in [0.15, 0.2) is 0 Å². The highest BCUT2D eigenvalue weighted by Gasteiger charge is 2.09. The van der Waals surface area contributed by atoms with Crippen LogP contribution in [0, 0.1) is 11.8 Å². The van der Waals surface area contributed by atoms with Gasteiger partial charge >= 0.3 is 5.97 Å². The van der Waals surface area contributed by atoms with E-state index < -0.39 is 0 Å². The average Bonchev–Trinajstić information content (AvgIpc) is 2.66. The first-order chi connectivity index (χ1) is 7.27. The van der Waals surface area contributed by atoms with E-state index in [1.807, 2.05) is 0 Å². The van der Waals surface area contributed by atoms with Gasteiger partial charge in [-0.1, -0.05) is 17.7 Å². The van der Waals surface area contributed by atoms with Crippen molar-refractivity contribution in [3.05, 3.63) is 0 Å². The molecule has 0 unspecified atom stereocenters. The van der Waals surface area contributed by atoms with E-state index >= 15 is 0 Å². The molecule has 0 radical (unpaired) electrons. The largest absolute Gasteiger partial charge is 0.468 e. The fourth-order valence-corrected chi connectivity index (χ4v) is 1.45. The van der Waals surface area contributed by atoms with Crippen LogP contribution in [0.5, 0.6) is 0 Å². The summed E-state index contributed by atoms with van der Waals surface area (Å²) in [5.41, 5.74) is 0. The molecule has 80 valence electrons. The van der Waals surface area contributed by atoms with Gasteiger partial charge in [0.05, 0.1) is 12.9 Å². The molecule has 0 saturated carbocycles. The van der Waals surface area contributed by atoms with Crippen molar-refractivity contribution in [3.63, 3.8) is 0 Å². The Labute approximate surface area is 91.4 Å². The van der Waals surface area contributed by atoms with Crippen molar-refractivity contribution >= 4 is 17.7 Å². The Morgan fingerprint density at radius 3 is 3.13 bits per heavy atom. The summed E-state index contributed by atoms with van der Waals surface area (Å²) in [5, 5.41) is 11.5. The van der Waals surface area contributed by atoms with Crippen molar-refractivity contribution in [2.75, 3.05) is 12.9 Å². The summed E-state index contributed by atoms with van der Waals surface area (Å²) >= 11 is 1.38. The average molecular weight is 226 g/mol. The second-order valence-electron chi connectivity index (χ2n) is 2.41. The maximum atomic E-state index is 11.0. The molecule has 0 atom stereocenters. The van der Waals surface area contributed by atoms with Crippen LogP contribution in [0.2, 0.25) is 0 Å². The number of carbonyl (C=O) groups is 1. The fourth-order valence-electron chi connectivity index (χ4n) is 0.759. The molecule has 1 aromatic heterocycles. The third-order valence-electron chi connectivity index (χ3n) is 1.46. The molecule has 0 fully saturated rings. The number of methoxy groups -OCH3 is 1. The second-order valence-corrected chi connectivity index (χ2v) is 3.35. The number of nitrogens with zero attached hydrogens (tertiary/aromatic N) is 4. The topological polar surface area (TPSA) is 69.9 Å². The summed E-state index contributed by atoms with van der Waals surface area (Å²) in [4.78, 5) is 11.0. The summed E-state index contributed by atoms with van der Waals surface area (Å²) in [5.74, 6) is 5.84. The molecule has 0 N–H and O–H groups in total. The monoisotopic (exact) mass is 226 g/mol. The zero-order chi connectivity index (χ0) is 11.1. The second kappa shape index (κ2) is 6.03. The van der Waals surface area contributed by atoms with Gasteiger partial charge < -0.3 is 4.74 Å². The Morgan fingerprint density at radius 1 is 1.67 bits per heavy atom. The Hall–Kier alpha value is -1.55. The van der Waals surface area contributed by atoms with Crippen molar-refractivity contribution in [3.8, 4) is 11.8 Å². The molecule has 0 aliphatic heterocycles. The molecule has 0 amide bonds. The molecule has 1 aromatic rings. The van der Waals surface area contributed by atoms with Crippen LogP contribution in [0.15, 0.2) is 5.16 Å². The standard InChI is InChI=1S/C8H10N4O2S/c1-3-4-5-15-8-9-10-11-12(8)6-7(13)14-2/h5-6H2,1-2H3. The van der Waals surface area contributed by atoms with Crippen LogP contribution in [0.4, 0.5) is 0 Å². The van der Waals surface area contributed by atoms with Crippen molar-refractivity contribution in [1.82, 2.24) is 20.2 Å². The minimum atomic E-state index is -0.384. The molecule has 1 heterocycles. The molecular formula is C8H10N4O2S. The first kappa shape index (κ1) is 11.5. The summed E-state index contributed by atoms with van der Waals surface area (Å²) in [6.45, 7) is 1.78. The summed E-state index contributed by atoms with van der Waals surface area (Å²) in [6, 6.07) is 0. The maximum absolute atomic E-state index is 11.0. The number of thioether (sulfide) groups is 1. The number of hydrogen-bond donors (Lipinski definition) is 0. The van der Waals surface area contributed by atoms with Crippen LogP contribution in [0.1, 0.15) is 6.92 Å². The SMILES string of the molecule is CC#CCSc1nnnn1CC(=O)OC. The Kier molecular flexibility index (Phi) is 4.63. The predicted octanol–water partition coefficient (Wildman–Crippen LogP) is -0.0385. The van der Waals surface area contributed by atoms with E-state index in [1.165, 1.54) is 23.6 Å². The number of aromatic nitrogens is 4. The van der Waals surface area contributed by atoms with E-state index in [2.05, 4.69) is 32.1 Å². The van der Waals surface area contributed by atoms with Crippen molar-refractivity contribution in [2.24, 2.45) is 0 Å². The molecule has 7 heteroatoms. The minimum absolute atomic E-state index is 0.0192. The van der Waals surface area contributed by atoms with Gasteiger partial charge in [0.25, 0.3) is 0 Å². The van der Waals surface area contributed by atoms with Crippen LogP contribution in [-0.2, 0) is 16.1 Å². The van der Waals surface area contributed by atoms with Gasteiger partial charge in [0, 0.05) is 0 Å². The summed E-state index contributed by atoms with van der Waals surface area (Å²) in [6.07, 6.45) is 0. The fraction of sp³-hybridized carbons (Fsp3) is 0.500. The Balaban J connectivity index is 2.59. The van der Waals surface area contributed by atoms with Crippen LogP contribution in [-0.4, -0.2) is 39.0 Å².